The van der Waals surface area contributed by atoms with Gasteiger partial charge in [0.1, 0.15) is 110 Å². The van der Waals surface area contributed by atoms with Crippen LogP contribution in [0.3, 0.4) is 0 Å². The highest BCUT2D eigenvalue weighted by atomic mass is 16.8. The zero-order chi connectivity index (χ0) is 39.0. The topological polar surface area (TPSA) is 387 Å². The van der Waals surface area contributed by atoms with Gasteiger partial charge in [-0.05, 0) is 6.92 Å². The van der Waals surface area contributed by atoms with E-state index in [-0.39, 0.29) is 0 Å². The Morgan fingerprint density at radius 2 is 0.887 bits per heavy atom. The summed E-state index contributed by atoms with van der Waals surface area (Å²) in [6.07, 6.45) is -43.1. The van der Waals surface area contributed by atoms with Crippen LogP contribution in [-0.2, 0) is 42.6 Å². The molecule has 0 aliphatic carbocycles. The molecule has 15 N–H and O–H groups in total. The number of ether oxygens (including phenoxy) is 9. The summed E-state index contributed by atoms with van der Waals surface area (Å²) < 4.78 is 50.4. The summed E-state index contributed by atoms with van der Waals surface area (Å²) in [7, 11) is 0. The van der Waals surface area contributed by atoms with Gasteiger partial charge in [0.05, 0.1) is 32.5 Å². The van der Waals surface area contributed by atoms with E-state index < -0.39 is 174 Å². The van der Waals surface area contributed by atoms with E-state index in [0.29, 0.717) is 0 Å². The van der Waals surface area contributed by atoms with Gasteiger partial charge in [-0.2, -0.15) is 0 Å². The molecular formula is C29H50O24. The van der Waals surface area contributed by atoms with Gasteiger partial charge in [0.15, 0.2) is 31.5 Å². The molecule has 24 atom stereocenters. The summed E-state index contributed by atoms with van der Waals surface area (Å²) in [5.41, 5.74) is 0. The summed E-state index contributed by atoms with van der Waals surface area (Å²) in [5, 5.41) is 156. The van der Waals surface area contributed by atoms with Crippen molar-refractivity contribution < 1.29 is 119 Å². The molecule has 0 saturated carbocycles. The van der Waals surface area contributed by atoms with Gasteiger partial charge in [0.25, 0.3) is 0 Å². The molecular weight excluding hydrogens is 732 g/mol. The van der Waals surface area contributed by atoms with Gasteiger partial charge in [0.2, 0.25) is 0 Å². The molecule has 5 aliphatic rings. The molecule has 53 heavy (non-hydrogen) atoms. The monoisotopic (exact) mass is 782 g/mol. The Morgan fingerprint density at radius 3 is 1.51 bits per heavy atom. The molecule has 0 bridgehead atoms. The van der Waals surface area contributed by atoms with E-state index in [1.807, 2.05) is 0 Å². The SMILES string of the molecule is C[C@@H]1O[C@@H](O[C@H]2[C@H](O)[C@@H](O)[C@H](O[C@H]3[C@H](O[C@@H]4[C@H](O)[C@@H](O)[C@H](O)O[C@@H]4CO)O[C@H](CO)[C@@H](O)[C@@H]3O[C@@H]3OC[C@@H](O)[C@H](O)[C@H]3O)O[C@@H]2CO)[C@H](O)[C@H](O)[C@H]1O. The number of rotatable bonds is 11. The number of hydrogen-bond donors (Lipinski definition) is 15. The third kappa shape index (κ3) is 8.81. The molecule has 5 saturated heterocycles. The molecule has 0 aromatic heterocycles. The van der Waals surface area contributed by atoms with E-state index in [1.165, 1.54) is 6.92 Å². The van der Waals surface area contributed by atoms with Crippen molar-refractivity contribution >= 4 is 0 Å². The van der Waals surface area contributed by atoms with E-state index in [1.54, 1.807) is 0 Å². The Bertz CT molecular complexity index is 1140. The summed E-state index contributed by atoms with van der Waals surface area (Å²) in [4.78, 5) is 0. The van der Waals surface area contributed by atoms with Crippen LogP contribution in [-0.4, -0.2) is 250 Å². The highest BCUT2D eigenvalue weighted by molar-refractivity contribution is 4.99. The van der Waals surface area contributed by atoms with Crippen LogP contribution in [0.1, 0.15) is 6.92 Å². The molecule has 0 amide bonds. The average molecular weight is 783 g/mol. The van der Waals surface area contributed by atoms with E-state index in [4.69, 9.17) is 42.6 Å². The number of aliphatic hydroxyl groups excluding tert-OH is 15. The lowest BCUT2D eigenvalue weighted by Crippen LogP contribution is -2.68. The van der Waals surface area contributed by atoms with Crippen LogP contribution >= 0.6 is 0 Å². The highest BCUT2D eigenvalue weighted by Gasteiger charge is 2.57. The van der Waals surface area contributed by atoms with Gasteiger partial charge in [-0.1, -0.05) is 0 Å². The lowest BCUT2D eigenvalue weighted by Gasteiger charge is -2.50. The zero-order valence-electron chi connectivity index (χ0n) is 28.1. The first-order valence-corrected chi connectivity index (χ1v) is 16.9. The molecule has 0 aromatic rings. The maximum atomic E-state index is 11.3. The fourth-order valence-electron chi connectivity index (χ4n) is 6.66. The second-order valence-corrected chi connectivity index (χ2v) is 13.5. The third-order valence-corrected chi connectivity index (χ3v) is 9.89. The Kier molecular flexibility index (Phi) is 14.7. The van der Waals surface area contributed by atoms with Crippen LogP contribution in [0.5, 0.6) is 0 Å². The molecule has 0 spiro atoms. The predicted molar refractivity (Wildman–Crippen MR) is 159 cm³/mol. The van der Waals surface area contributed by atoms with Crippen LogP contribution in [0.25, 0.3) is 0 Å². The van der Waals surface area contributed by atoms with Crippen molar-refractivity contribution in [1.82, 2.24) is 0 Å². The molecule has 310 valence electrons. The molecule has 0 aromatic carbocycles. The highest BCUT2D eigenvalue weighted by Crippen LogP contribution is 2.36. The van der Waals surface area contributed by atoms with Crippen molar-refractivity contribution in [2.45, 2.75) is 154 Å². The van der Waals surface area contributed by atoms with Crippen molar-refractivity contribution in [2.24, 2.45) is 0 Å². The number of aliphatic hydroxyl groups is 15. The van der Waals surface area contributed by atoms with Crippen molar-refractivity contribution in [2.75, 3.05) is 26.4 Å². The van der Waals surface area contributed by atoms with Crippen LogP contribution < -0.4 is 0 Å². The third-order valence-electron chi connectivity index (χ3n) is 9.89. The van der Waals surface area contributed by atoms with Gasteiger partial charge in [0, 0.05) is 0 Å². The van der Waals surface area contributed by atoms with Gasteiger partial charge >= 0.3 is 0 Å². The maximum absolute atomic E-state index is 11.3. The quantitative estimate of drug-likeness (QED) is 0.0925. The van der Waals surface area contributed by atoms with Gasteiger partial charge in [-0.3, -0.25) is 0 Å². The summed E-state index contributed by atoms with van der Waals surface area (Å²) in [6, 6.07) is 0. The lowest BCUT2D eigenvalue weighted by molar-refractivity contribution is -0.407. The van der Waals surface area contributed by atoms with Gasteiger partial charge in [-0.15, -0.1) is 0 Å². The smallest absolute Gasteiger partial charge is 0.187 e. The average Bonchev–Trinajstić information content (AvgIpc) is 3.14. The first kappa shape index (κ1) is 43.2. The molecule has 0 unspecified atom stereocenters. The van der Waals surface area contributed by atoms with E-state index in [9.17, 15) is 76.6 Å². The Hall–Kier alpha value is -0.960. The van der Waals surface area contributed by atoms with Crippen molar-refractivity contribution in [1.29, 1.82) is 0 Å². The Balaban J connectivity index is 1.43. The van der Waals surface area contributed by atoms with E-state index >= 15 is 0 Å². The lowest BCUT2D eigenvalue weighted by atomic mass is 9.95. The predicted octanol–water partition coefficient (Wildman–Crippen LogP) is -10.3. The van der Waals surface area contributed by atoms with Crippen molar-refractivity contribution in [3.63, 3.8) is 0 Å². The summed E-state index contributed by atoms with van der Waals surface area (Å²) in [6.45, 7) is -1.99. The van der Waals surface area contributed by atoms with Crippen LogP contribution in [0.15, 0.2) is 0 Å². The number of hydrogen-bond acceptors (Lipinski definition) is 24. The van der Waals surface area contributed by atoms with E-state index in [2.05, 4.69) is 0 Å². The second-order valence-electron chi connectivity index (χ2n) is 13.5. The molecule has 0 radical (unpaired) electrons. The van der Waals surface area contributed by atoms with Crippen LogP contribution in [0.4, 0.5) is 0 Å². The fourth-order valence-corrected chi connectivity index (χ4v) is 6.66. The first-order valence-electron chi connectivity index (χ1n) is 16.9. The van der Waals surface area contributed by atoms with E-state index in [0.717, 1.165) is 0 Å². The van der Waals surface area contributed by atoms with Crippen molar-refractivity contribution in [3.05, 3.63) is 0 Å². The molecule has 5 heterocycles. The van der Waals surface area contributed by atoms with Crippen LogP contribution in [0, 0.1) is 0 Å². The normalized spacial score (nSPS) is 54.1. The minimum absolute atomic E-state index is 0.564. The van der Waals surface area contributed by atoms with Gasteiger partial charge in [-0.25, -0.2) is 0 Å². The maximum Gasteiger partial charge on any atom is 0.187 e. The molecule has 5 aliphatic heterocycles. The molecule has 24 heteroatoms. The summed E-state index contributed by atoms with van der Waals surface area (Å²) in [5.74, 6) is 0. The molecule has 24 nitrogen and oxygen atoms in total. The van der Waals surface area contributed by atoms with Gasteiger partial charge < -0.3 is 119 Å². The molecule has 5 fully saturated rings. The Labute approximate surface area is 300 Å². The minimum Gasteiger partial charge on any atom is -0.394 e. The molecule has 5 rings (SSSR count). The largest absolute Gasteiger partial charge is 0.394 e. The van der Waals surface area contributed by atoms with Crippen molar-refractivity contribution in [3.8, 4) is 0 Å². The second kappa shape index (κ2) is 18.1. The first-order chi connectivity index (χ1) is 25.0. The fraction of sp³-hybridized carbons (Fsp3) is 1.00. The summed E-state index contributed by atoms with van der Waals surface area (Å²) >= 11 is 0. The minimum atomic E-state index is -2.13. The standard InChI is InChI=1S/C29H50O24/c1-6-11(34)14(37)19(42)27(46-6)50-22-10(4-32)49-28(20(43)16(22)39)53-24-23(52-26-18(41)12(35)7(33)5-45-26)13(36)8(2-30)48-29(24)51-21-9(3-31)47-25(44)17(40)15(21)38/h6-44H,2-5H2,1H3/t6-,7+,8+,9+,10+,11-,12-,13+,14+,15+,16+,17+,18+,19+,20+,21-,22+,23-,24+,25+,26-,27-,28-,29-/m0/s1. The van der Waals surface area contributed by atoms with Crippen LogP contribution in [0.2, 0.25) is 0 Å². The zero-order valence-corrected chi connectivity index (χ0v) is 28.1. The Morgan fingerprint density at radius 1 is 0.415 bits per heavy atom.